The van der Waals surface area contributed by atoms with Crippen LogP contribution in [0, 0.1) is 0 Å². The number of carbonyl (C=O) groups excluding carboxylic acids is 2. The SMILES string of the molecule is CN(Cc1ccc2nonc2c1)C(=O)[C@H]1OCC(=O)N[C@@H]1c1ccccc1. The van der Waals surface area contributed by atoms with Crippen LogP contribution in [0.25, 0.3) is 11.0 Å². The lowest BCUT2D eigenvalue weighted by molar-refractivity contribution is -0.154. The molecule has 2 atom stereocenters. The predicted octanol–water partition coefficient (Wildman–Crippen LogP) is 1.44. The number of nitrogens with one attached hydrogen (secondary N) is 1. The molecule has 1 fully saturated rings. The van der Waals surface area contributed by atoms with E-state index < -0.39 is 12.1 Å². The molecule has 1 aliphatic heterocycles. The van der Waals surface area contributed by atoms with Crippen molar-refractivity contribution in [2.24, 2.45) is 0 Å². The fourth-order valence-electron chi connectivity index (χ4n) is 3.18. The number of likely N-dealkylation sites (N-methyl/N-ethyl adjacent to an activating group) is 1. The summed E-state index contributed by atoms with van der Waals surface area (Å²) in [5.74, 6) is -0.443. The highest BCUT2D eigenvalue weighted by atomic mass is 16.6. The second-order valence-corrected chi connectivity index (χ2v) is 6.47. The molecule has 8 nitrogen and oxygen atoms in total. The quantitative estimate of drug-likeness (QED) is 0.750. The lowest BCUT2D eigenvalue weighted by Crippen LogP contribution is -2.52. The van der Waals surface area contributed by atoms with E-state index in [9.17, 15) is 9.59 Å². The number of nitrogens with zero attached hydrogens (tertiary/aromatic N) is 3. The highest BCUT2D eigenvalue weighted by molar-refractivity contribution is 5.86. The summed E-state index contributed by atoms with van der Waals surface area (Å²) >= 11 is 0. The van der Waals surface area contributed by atoms with E-state index in [1.54, 1.807) is 18.0 Å². The van der Waals surface area contributed by atoms with Crippen molar-refractivity contribution in [3.8, 4) is 0 Å². The maximum Gasteiger partial charge on any atom is 0.254 e. The summed E-state index contributed by atoms with van der Waals surface area (Å²) in [6, 6.07) is 14.3. The summed E-state index contributed by atoms with van der Waals surface area (Å²) in [5, 5.41) is 10.5. The Morgan fingerprint density at radius 1 is 1.19 bits per heavy atom. The molecule has 1 N–H and O–H groups in total. The number of aromatic nitrogens is 2. The third-order valence-electron chi connectivity index (χ3n) is 4.53. The van der Waals surface area contributed by atoms with Gasteiger partial charge in [-0.2, -0.15) is 0 Å². The van der Waals surface area contributed by atoms with Gasteiger partial charge >= 0.3 is 0 Å². The van der Waals surface area contributed by atoms with E-state index in [0.717, 1.165) is 11.1 Å². The zero-order chi connectivity index (χ0) is 18.8. The van der Waals surface area contributed by atoms with Crippen LogP contribution in [0.3, 0.4) is 0 Å². The largest absolute Gasteiger partial charge is 0.356 e. The molecule has 2 aromatic carbocycles. The average Bonchev–Trinajstić information content (AvgIpc) is 3.16. The van der Waals surface area contributed by atoms with E-state index in [1.165, 1.54) is 0 Å². The number of amides is 2. The molecule has 1 saturated heterocycles. The summed E-state index contributed by atoms with van der Waals surface area (Å²) in [7, 11) is 1.70. The van der Waals surface area contributed by atoms with E-state index in [0.29, 0.717) is 17.6 Å². The third-order valence-corrected chi connectivity index (χ3v) is 4.53. The molecule has 2 amide bonds. The molecule has 8 heteroatoms. The first kappa shape index (κ1) is 17.2. The minimum Gasteiger partial charge on any atom is -0.356 e. The van der Waals surface area contributed by atoms with Crippen LogP contribution in [0.15, 0.2) is 53.2 Å². The van der Waals surface area contributed by atoms with Crippen LogP contribution in [0.1, 0.15) is 17.2 Å². The van der Waals surface area contributed by atoms with Crippen LogP contribution >= 0.6 is 0 Å². The number of rotatable bonds is 4. The Morgan fingerprint density at radius 3 is 2.78 bits per heavy atom. The Kier molecular flexibility index (Phi) is 4.55. The Hall–Kier alpha value is -3.26. The Labute approximate surface area is 155 Å². The summed E-state index contributed by atoms with van der Waals surface area (Å²) in [6.07, 6.45) is -0.785. The molecular formula is C19H18N4O4. The standard InChI is InChI=1S/C19H18N4O4/c1-23(10-12-7-8-14-15(9-12)22-27-21-14)19(25)18-17(20-16(24)11-26-18)13-5-3-2-4-6-13/h2-9,17-18H,10-11H2,1H3,(H,20,24)/t17-,18+/m1/s1. The van der Waals surface area contributed by atoms with Crippen LogP contribution in [-0.2, 0) is 20.9 Å². The highest BCUT2D eigenvalue weighted by Gasteiger charge is 2.37. The van der Waals surface area contributed by atoms with E-state index >= 15 is 0 Å². The van der Waals surface area contributed by atoms with Crippen LogP contribution in [-0.4, -0.2) is 46.8 Å². The topological polar surface area (TPSA) is 97.6 Å². The molecule has 1 aromatic heterocycles. The van der Waals surface area contributed by atoms with E-state index in [-0.39, 0.29) is 18.4 Å². The fraction of sp³-hybridized carbons (Fsp3) is 0.263. The van der Waals surface area contributed by atoms with E-state index in [2.05, 4.69) is 15.6 Å². The van der Waals surface area contributed by atoms with Crippen LogP contribution < -0.4 is 5.32 Å². The summed E-state index contributed by atoms with van der Waals surface area (Å²) in [5.41, 5.74) is 3.02. The van der Waals surface area contributed by atoms with Gasteiger partial charge in [-0.15, -0.1) is 0 Å². The molecule has 2 heterocycles. The summed E-state index contributed by atoms with van der Waals surface area (Å²) in [6.45, 7) is 0.237. The van der Waals surface area contributed by atoms with Crippen molar-refractivity contribution >= 4 is 22.8 Å². The van der Waals surface area contributed by atoms with Crippen LogP contribution in [0.2, 0.25) is 0 Å². The van der Waals surface area contributed by atoms with Gasteiger partial charge in [0.25, 0.3) is 5.91 Å². The minimum atomic E-state index is -0.785. The van der Waals surface area contributed by atoms with Gasteiger partial charge < -0.3 is 15.0 Å². The maximum absolute atomic E-state index is 13.0. The van der Waals surface area contributed by atoms with Crippen molar-refractivity contribution in [3.63, 3.8) is 0 Å². The first-order chi connectivity index (χ1) is 13.1. The molecule has 0 aliphatic carbocycles. The fourth-order valence-corrected chi connectivity index (χ4v) is 3.18. The number of carbonyl (C=O) groups is 2. The molecule has 3 aromatic rings. The molecule has 4 rings (SSSR count). The molecule has 27 heavy (non-hydrogen) atoms. The maximum atomic E-state index is 13.0. The molecule has 0 spiro atoms. The second kappa shape index (κ2) is 7.16. The molecule has 1 aliphatic rings. The van der Waals surface area contributed by atoms with E-state index in [4.69, 9.17) is 9.37 Å². The van der Waals surface area contributed by atoms with Crippen molar-refractivity contribution in [1.82, 2.24) is 20.5 Å². The average molecular weight is 366 g/mol. The van der Waals surface area contributed by atoms with Crippen molar-refractivity contribution in [1.29, 1.82) is 0 Å². The number of hydrogen-bond donors (Lipinski definition) is 1. The molecular weight excluding hydrogens is 348 g/mol. The molecule has 0 unspecified atom stereocenters. The van der Waals surface area contributed by atoms with Gasteiger partial charge in [-0.3, -0.25) is 9.59 Å². The Balaban J connectivity index is 1.53. The number of morpholine rings is 1. The zero-order valence-corrected chi connectivity index (χ0v) is 14.7. The first-order valence-corrected chi connectivity index (χ1v) is 8.54. The van der Waals surface area contributed by atoms with Crippen molar-refractivity contribution < 1.29 is 19.0 Å². The van der Waals surface area contributed by atoms with Crippen molar-refractivity contribution in [2.45, 2.75) is 18.7 Å². The minimum absolute atomic E-state index is 0.135. The van der Waals surface area contributed by atoms with E-state index in [1.807, 2.05) is 42.5 Å². The van der Waals surface area contributed by atoms with Gasteiger partial charge in [-0.1, -0.05) is 36.4 Å². The van der Waals surface area contributed by atoms with Gasteiger partial charge in [-0.05, 0) is 33.6 Å². The number of benzene rings is 2. The van der Waals surface area contributed by atoms with Gasteiger partial charge in [0.05, 0.1) is 6.04 Å². The summed E-state index contributed by atoms with van der Waals surface area (Å²) in [4.78, 5) is 26.4. The van der Waals surface area contributed by atoms with Gasteiger partial charge in [0, 0.05) is 13.6 Å². The van der Waals surface area contributed by atoms with Gasteiger partial charge in [-0.25, -0.2) is 4.63 Å². The lowest BCUT2D eigenvalue weighted by atomic mass is 9.98. The zero-order valence-electron chi connectivity index (χ0n) is 14.7. The van der Waals surface area contributed by atoms with Gasteiger partial charge in [0.2, 0.25) is 5.91 Å². The highest BCUT2D eigenvalue weighted by Crippen LogP contribution is 2.24. The smallest absolute Gasteiger partial charge is 0.254 e. The van der Waals surface area contributed by atoms with Gasteiger partial charge in [0.1, 0.15) is 17.6 Å². The van der Waals surface area contributed by atoms with Crippen molar-refractivity contribution in [3.05, 3.63) is 59.7 Å². The summed E-state index contributed by atoms with van der Waals surface area (Å²) < 4.78 is 10.3. The predicted molar refractivity (Wildman–Crippen MR) is 95.3 cm³/mol. The molecule has 0 radical (unpaired) electrons. The lowest BCUT2D eigenvalue weighted by Gasteiger charge is -2.34. The Bertz CT molecular complexity index is 972. The number of fused-ring (bicyclic) bond motifs is 1. The Morgan fingerprint density at radius 2 is 1.96 bits per heavy atom. The number of hydrogen-bond acceptors (Lipinski definition) is 6. The third kappa shape index (κ3) is 3.52. The molecule has 0 bridgehead atoms. The van der Waals surface area contributed by atoms with Crippen LogP contribution in [0.4, 0.5) is 0 Å². The second-order valence-electron chi connectivity index (χ2n) is 6.47. The molecule has 0 saturated carbocycles. The number of ether oxygens (including phenoxy) is 1. The van der Waals surface area contributed by atoms with Crippen LogP contribution in [0.5, 0.6) is 0 Å². The molecule has 138 valence electrons. The van der Waals surface area contributed by atoms with Crippen molar-refractivity contribution in [2.75, 3.05) is 13.7 Å². The first-order valence-electron chi connectivity index (χ1n) is 8.54. The normalized spacial score (nSPS) is 19.7. The monoisotopic (exact) mass is 366 g/mol. The van der Waals surface area contributed by atoms with Gasteiger partial charge in [0.15, 0.2) is 6.10 Å².